The summed E-state index contributed by atoms with van der Waals surface area (Å²) in [6, 6.07) is 6.18. The lowest BCUT2D eigenvalue weighted by molar-refractivity contribution is -0.135. The van der Waals surface area contributed by atoms with Crippen molar-refractivity contribution in [3.63, 3.8) is 0 Å². The second-order valence-electron chi connectivity index (χ2n) is 3.36. The molecule has 1 aromatic rings. The standard InChI is InChI=1S/C9H11BrNO5P/c10-8(9(12)13)11-7-3-1-6(2-4-7)5-17(14,15)16/h1-4,8,11H,5H2,(H,12,13)(H2,14,15,16). The second kappa shape index (κ2) is 5.64. The summed E-state index contributed by atoms with van der Waals surface area (Å²) < 4.78 is 10.7. The van der Waals surface area contributed by atoms with Gasteiger partial charge in [-0.15, -0.1) is 0 Å². The smallest absolute Gasteiger partial charge is 0.337 e. The van der Waals surface area contributed by atoms with E-state index in [-0.39, 0.29) is 6.16 Å². The summed E-state index contributed by atoms with van der Waals surface area (Å²) in [5.74, 6) is -1.05. The van der Waals surface area contributed by atoms with Crippen molar-refractivity contribution < 1.29 is 24.3 Å². The Morgan fingerprint density at radius 3 is 2.29 bits per heavy atom. The molecule has 1 rings (SSSR count). The molecule has 0 amide bonds. The number of benzene rings is 1. The highest BCUT2D eigenvalue weighted by molar-refractivity contribution is 9.10. The largest absolute Gasteiger partial charge is 0.479 e. The third kappa shape index (κ3) is 5.32. The van der Waals surface area contributed by atoms with Gasteiger partial charge < -0.3 is 20.2 Å². The third-order valence-electron chi connectivity index (χ3n) is 1.85. The molecule has 0 spiro atoms. The average Bonchev–Trinajstić information content (AvgIpc) is 2.18. The van der Waals surface area contributed by atoms with Crippen molar-refractivity contribution in [2.75, 3.05) is 5.32 Å². The molecule has 1 atom stereocenters. The number of alkyl halides is 1. The van der Waals surface area contributed by atoms with E-state index in [1.807, 2.05) is 0 Å². The summed E-state index contributed by atoms with van der Waals surface area (Å²) in [6.07, 6.45) is -0.329. The Labute approximate surface area is 106 Å². The Balaban J connectivity index is 2.68. The van der Waals surface area contributed by atoms with Crippen molar-refractivity contribution in [1.29, 1.82) is 0 Å². The van der Waals surface area contributed by atoms with Gasteiger partial charge in [-0.3, -0.25) is 4.57 Å². The van der Waals surface area contributed by atoms with Crippen LogP contribution in [0.25, 0.3) is 0 Å². The molecule has 0 aliphatic rings. The van der Waals surface area contributed by atoms with Gasteiger partial charge in [-0.1, -0.05) is 28.1 Å². The van der Waals surface area contributed by atoms with Crippen LogP contribution in [0.15, 0.2) is 24.3 Å². The molecular weight excluding hydrogens is 313 g/mol. The molecule has 4 N–H and O–H groups in total. The molecule has 0 aromatic heterocycles. The van der Waals surface area contributed by atoms with E-state index >= 15 is 0 Å². The van der Waals surface area contributed by atoms with E-state index in [0.29, 0.717) is 11.3 Å². The SMILES string of the molecule is O=C(O)C(Br)Nc1ccc(CP(=O)(O)O)cc1. The van der Waals surface area contributed by atoms with E-state index in [1.165, 1.54) is 12.1 Å². The number of anilines is 1. The van der Waals surface area contributed by atoms with Crippen molar-refractivity contribution in [3.05, 3.63) is 29.8 Å². The lowest BCUT2D eigenvalue weighted by atomic mass is 10.2. The minimum atomic E-state index is -4.07. The van der Waals surface area contributed by atoms with Gasteiger partial charge in [0.15, 0.2) is 4.95 Å². The molecule has 17 heavy (non-hydrogen) atoms. The molecule has 0 aliphatic heterocycles. The molecule has 0 saturated heterocycles. The molecule has 0 bridgehead atoms. The second-order valence-corrected chi connectivity index (χ2v) is 5.93. The molecule has 1 unspecified atom stereocenters. The quantitative estimate of drug-likeness (QED) is 0.372. The van der Waals surface area contributed by atoms with Gasteiger partial charge in [-0.05, 0) is 17.7 Å². The predicted octanol–water partition coefficient (Wildman–Crippen LogP) is 1.58. The Kier molecular flexibility index (Phi) is 4.70. The van der Waals surface area contributed by atoms with Crippen molar-refractivity contribution in [2.45, 2.75) is 11.1 Å². The topological polar surface area (TPSA) is 107 Å². The number of carboxylic acids is 1. The van der Waals surface area contributed by atoms with Gasteiger partial charge in [-0.25, -0.2) is 4.79 Å². The van der Waals surface area contributed by atoms with Crippen LogP contribution in [-0.4, -0.2) is 25.8 Å². The van der Waals surface area contributed by atoms with Crippen LogP contribution in [0.2, 0.25) is 0 Å². The zero-order chi connectivity index (χ0) is 13.1. The van der Waals surface area contributed by atoms with Gasteiger partial charge >= 0.3 is 13.6 Å². The van der Waals surface area contributed by atoms with Crippen LogP contribution in [0.5, 0.6) is 0 Å². The fourth-order valence-corrected chi connectivity index (χ4v) is 2.10. The summed E-state index contributed by atoms with van der Waals surface area (Å²) >= 11 is 2.91. The lowest BCUT2D eigenvalue weighted by Gasteiger charge is -2.10. The van der Waals surface area contributed by atoms with Crippen LogP contribution < -0.4 is 5.32 Å². The number of rotatable bonds is 5. The summed E-state index contributed by atoms with van der Waals surface area (Å²) in [5.41, 5.74) is 1.04. The first-order valence-electron chi connectivity index (χ1n) is 4.55. The van der Waals surface area contributed by atoms with Crippen LogP contribution in [-0.2, 0) is 15.5 Å². The fraction of sp³-hybridized carbons (Fsp3) is 0.222. The zero-order valence-electron chi connectivity index (χ0n) is 8.58. The van der Waals surface area contributed by atoms with Gasteiger partial charge in [0.05, 0.1) is 6.16 Å². The summed E-state index contributed by atoms with van der Waals surface area (Å²) in [7, 11) is -4.07. The number of halogens is 1. The van der Waals surface area contributed by atoms with E-state index in [0.717, 1.165) is 0 Å². The number of carboxylic acid groups (broad SMARTS) is 1. The Bertz CT molecular complexity index is 443. The molecule has 1 aromatic carbocycles. The van der Waals surface area contributed by atoms with Crippen molar-refractivity contribution >= 4 is 35.2 Å². The number of aliphatic carboxylic acids is 1. The summed E-state index contributed by atoms with van der Waals surface area (Å²) in [4.78, 5) is 27.2. The van der Waals surface area contributed by atoms with Crippen LogP contribution in [0.3, 0.4) is 0 Å². The van der Waals surface area contributed by atoms with E-state index in [1.54, 1.807) is 12.1 Å². The van der Waals surface area contributed by atoms with Gasteiger partial charge in [0.25, 0.3) is 0 Å². The molecule has 0 saturated carbocycles. The van der Waals surface area contributed by atoms with Gasteiger partial charge in [0.1, 0.15) is 0 Å². The summed E-state index contributed by atoms with van der Waals surface area (Å²) in [5, 5.41) is 11.3. The first kappa shape index (κ1) is 14.2. The highest BCUT2D eigenvalue weighted by Crippen LogP contribution is 2.39. The van der Waals surface area contributed by atoms with Crippen LogP contribution in [0.1, 0.15) is 5.56 Å². The van der Waals surface area contributed by atoms with Crippen molar-refractivity contribution in [1.82, 2.24) is 0 Å². The minimum Gasteiger partial charge on any atom is -0.479 e. The first-order chi connectivity index (χ1) is 7.78. The molecule has 0 aliphatic carbocycles. The maximum atomic E-state index is 10.7. The zero-order valence-corrected chi connectivity index (χ0v) is 11.1. The molecule has 0 radical (unpaired) electrons. The maximum Gasteiger partial charge on any atom is 0.337 e. The Morgan fingerprint density at radius 1 is 1.35 bits per heavy atom. The van der Waals surface area contributed by atoms with Crippen LogP contribution in [0, 0.1) is 0 Å². The molecule has 94 valence electrons. The monoisotopic (exact) mass is 323 g/mol. The first-order valence-corrected chi connectivity index (χ1v) is 7.26. The average molecular weight is 324 g/mol. The van der Waals surface area contributed by atoms with E-state index < -0.39 is 18.5 Å². The van der Waals surface area contributed by atoms with Crippen LogP contribution in [0.4, 0.5) is 5.69 Å². The summed E-state index contributed by atoms with van der Waals surface area (Å²) in [6.45, 7) is 0. The van der Waals surface area contributed by atoms with Crippen molar-refractivity contribution in [2.24, 2.45) is 0 Å². The molecule has 6 nitrogen and oxygen atoms in total. The fourth-order valence-electron chi connectivity index (χ4n) is 1.15. The van der Waals surface area contributed by atoms with E-state index in [2.05, 4.69) is 21.2 Å². The highest BCUT2D eigenvalue weighted by atomic mass is 79.9. The number of hydrogen-bond acceptors (Lipinski definition) is 3. The van der Waals surface area contributed by atoms with Gasteiger partial charge in [-0.2, -0.15) is 0 Å². The molecule has 0 heterocycles. The molecular formula is C9H11BrNO5P. The minimum absolute atomic E-state index is 0.329. The van der Waals surface area contributed by atoms with E-state index in [9.17, 15) is 9.36 Å². The predicted molar refractivity (Wildman–Crippen MR) is 66.2 cm³/mol. The normalized spacial score (nSPS) is 13.1. The van der Waals surface area contributed by atoms with Crippen LogP contribution >= 0.6 is 23.5 Å². The van der Waals surface area contributed by atoms with Gasteiger partial charge in [0, 0.05) is 5.69 Å². The van der Waals surface area contributed by atoms with Crippen molar-refractivity contribution in [3.8, 4) is 0 Å². The number of carbonyl (C=O) groups is 1. The molecule has 0 fully saturated rings. The lowest BCUT2D eigenvalue weighted by Crippen LogP contribution is -2.22. The number of nitrogens with one attached hydrogen (secondary N) is 1. The van der Waals surface area contributed by atoms with E-state index in [4.69, 9.17) is 14.9 Å². The third-order valence-corrected chi connectivity index (χ3v) is 3.25. The highest BCUT2D eigenvalue weighted by Gasteiger charge is 2.15. The molecule has 8 heteroatoms. The number of hydrogen-bond donors (Lipinski definition) is 4. The maximum absolute atomic E-state index is 10.7. The van der Waals surface area contributed by atoms with Gasteiger partial charge in [0.2, 0.25) is 0 Å². The Morgan fingerprint density at radius 2 is 1.88 bits per heavy atom. The Hall–Kier alpha value is -0.880.